The van der Waals surface area contributed by atoms with Crippen molar-refractivity contribution in [3.63, 3.8) is 0 Å². The first-order valence-corrected chi connectivity index (χ1v) is 11.2. The SMILES string of the molecule is O=C(O)C=C1c2ccccc2N(C(=O)c2ccc(NC(=O)c3ccccc3C(F)(F)F)cc2)CCC1(F)F. The van der Waals surface area contributed by atoms with Gasteiger partial charge < -0.3 is 15.3 Å². The molecule has 3 aromatic carbocycles. The van der Waals surface area contributed by atoms with Crippen molar-refractivity contribution < 1.29 is 41.4 Å². The molecule has 0 radical (unpaired) electrons. The van der Waals surface area contributed by atoms with Crippen molar-refractivity contribution >= 4 is 34.7 Å². The summed E-state index contributed by atoms with van der Waals surface area (Å²) < 4.78 is 69.4. The van der Waals surface area contributed by atoms with Crippen molar-refractivity contribution in [3.05, 3.63) is 101 Å². The molecule has 3 aromatic rings. The maximum absolute atomic E-state index is 14.8. The fourth-order valence-electron chi connectivity index (χ4n) is 4.14. The summed E-state index contributed by atoms with van der Waals surface area (Å²) in [6.07, 6.45) is -5.12. The number of allylic oxidation sites excluding steroid dienone is 1. The van der Waals surface area contributed by atoms with Crippen LogP contribution >= 0.6 is 0 Å². The number of rotatable bonds is 4. The number of hydrogen-bond donors (Lipinski definition) is 2. The summed E-state index contributed by atoms with van der Waals surface area (Å²) in [6.45, 7) is -0.410. The average Bonchev–Trinajstić information content (AvgIpc) is 2.97. The lowest BCUT2D eigenvalue weighted by Crippen LogP contribution is -2.33. The van der Waals surface area contributed by atoms with E-state index < -0.39 is 59.5 Å². The van der Waals surface area contributed by atoms with Crippen LogP contribution in [0.1, 0.15) is 38.3 Å². The lowest BCUT2D eigenvalue weighted by Gasteiger charge is -2.23. The third-order valence-electron chi connectivity index (χ3n) is 5.91. The van der Waals surface area contributed by atoms with Crippen LogP contribution in [0, 0.1) is 0 Å². The van der Waals surface area contributed by atoms with E-state index in [0.29, 0.717) is 6.08 Å². The predicted molar refractivity (Wildman–Crippen MR) is 129 cm³/mol. The smallest absolute Gasteiger partial charge is 0.417 e. The number of aliphatic carboxylic acids is 1. The normalized spacial score (nSPS) is 15.9. The molecule has 0 saturated carbocycles. The van der Waals surface area contributed by atoms with Gasteiger partial charge in [-0.3, -0.25) is 9.59 Å². The van der Waals surface area contributed by atoms with Gasteiger partial charge in [0.25, 0.3) is 17.7 Å². The van der Waals surface area contributed by atoms with Crippen LogP contribution in [0.5, 0.6) is 0 Å². The number of carbonyl (C=O) groups is 3. The number of carbonyl (C=O) groups excluding carboxylic acids is 2. The number of benzene rings is 3. The summed E-state index contributed by atoms with van der Waals surface area (Å²) in [5, 5.41) is 11.5. The summed E-state index contributed by atoms with van der Waals surface area (Å²) in [4.78, 5) is 38.1. The molecule has 0 spiro atoms. The molecule has 1 aliphatic heterocycles. The maximum Gasteiger partial charge on any atom is 0.417 e. The summed E-state index contributed by atoms with van der Waals surface area (Å²) >= 11 is 0. The minimum absolute atomic E-state index is 0.0578. The lowest BCUT2D eigenvalue weighted by molar-refractivity contribution is -0.138. The zero-order chi connectivity index (χ0) is 27.7. The van der Waals surface area contributed by atoms with E-state index >= 15 is 0 Å². The zero-order valence-electron chi connectivity index (χ0n) is 19.4. The van der Waals surface area contributed by atoms with E-state index in [2.05, 4.69) is 5.32 Å². The molecule has 2 N–H and O–H groups in total. The zero-order valence-corrected chi connectivity index (χ0v) is 19.4. The Balaban J connectivity index is 1.60. The molecule has 0 fully saturated rings. The predicted octanol–water partition coefficient (Wildman–Crippen LogP) is 6.11. The van der Waals surface area contributed by atoms with Gasteiger partial charge in [-0.05, 0) is 42.5 Å². The van der Waals surface area contributed by atoms with Crippen molar-refractivity contribution in [2.45, 2.75) is 18.5 Å². The molecular formula is C27H19F5N2O4. The third kappa shape index (κ3) is 5.41. The number of nitrogens with zero attached hydrogens (tertiary/aromatic N) is 1. The quantitative estimate of drug-likeness (QED) is 0.315. The molecule has 0 unspecified atom stereocenters. The van der Waals surface area contributed by atoms with E-state index in [1.165, 1.54) is 54.6 Å². The van der Waals surface area contributed by atoms with E-state index in [1.54, 1.807) is 0 Å². The Morgan fingerprint density at radius 2 is 1.55 bits per heavy atom. The third-order valence-corrected chi connectivity index (χ3v) is 5.91. The van der Waals surface area contributed by atoms with Gasteiger partial charge in [0, 0.05) is 41.4 Å². The van der Waals surface area contributed by atoms with Crippen molar-refractivity contribution in [2.24, 2.45) is 0 Å². The van der Waals surface area contributed by atoms with Gasteiger partial charge in [0.05, 0.1) is 16.8 Å². The number of hydrogen-bond acceptors (Lipinski definition) is 3. The van der Waals surface area contributed by atoms with Gasteiger partial charge in [-0.25, -0.2) is 13.6 Å². The highest BCUT2D eigenvalue weighted by Crippen LogP contribution is 2.43. The highest BCUT2D eigenvalue weighted by Gasteiger charge is 2.41. The van der Waals surface area contributed by atoms with Gasteiger partial charge in [-0.15, -0.1) is 0 Å². The molecule has 0 bridgehead atoms. The fraction of sp³-hybridized carbons (Fsp3) is 0.148. The summed E-state index contributed by atoms with van der Waals surface area (Å²) in [7, 11) is 0. The molecule has 1 aliphatic rings. The number of carboxylic acids is 1. The molecule has 4 rings (SSSR count). The number of halogens is 5. The topological polar surface area (TPSA) is 86.7 Å². The second kappa shape index (κ2) is 10.1. The molecular weight excluding hydrogens is 511 g/mol. The van der Waals surface area contributed by atoms with E-state index in [0.717, 1.165) is 23.1 Å². The molecule has 0 aliphatic carbocycles. The summed E-state index contributed by atoms with van der Waals surface area (Å²) in [6, 6.07) is 15.2. The van der Waals surface area contributed by atoms with Gasteiger partial charge >= 0.3 is 12.1 Å². The molecule has 0 aromatic heterocycles. The van der Waals surface area contributed by atoms with E-state index in [-0.39, 0.29) is 22.5 Å². The Kier molecular flexibility index (Phi) is 7.03. The first-order chi connectivity index (χ1) is 17.9. The van der Waals surface area contributed by atoms with Crippen molar-refractivity contribution in [2.75, 3.05) is 16.8 Å². The highest BCUT2D eigenvalue weighted by molar-refractivity contribution is 6.09. The first kappa shape index (κ1) is 26.5. The van der Waals surface area contributed by atoms with Crippen LogP contribution in [0.4, 0.5) is 33.3 Å². The van der Waals surface area contributed by atoms with Crippen LogP contribution in [0.2, 0.25) is 0 Å². The molecule has 11 heteroatoms. The molecule has 38 heavy (non-hydrogen) atoms. The number of para-hydroxylation sites is 1. The molecule has 6 nitrogen and oxygen atoms in total. The minimum Gasteiger partial charge on any atom is -0.478 e. The van der Waals surface area contributed by atoms with Gasteiger partial charge in [-0.1, -0.05) is 30.3 Å². The summed E-state index contributed by atoms with van der Waals surface area (Å²) in [5.74, 6) is -6.72. The Hall–Kier alpha value is -4.54. The highest BCUT2D eigenvalue weighted by atomic mass is 19.4. The Morgan fingerprint density at radius 3 is 2.21 bits per heavy atom. The number of fused-ring (bicyclic) bond motifs is 1. The molecule has 0 atom stereocenters. The van der Waals surface area contributed by atoms with Crippen LogP contribution in [-0.4, -0.2) is 35.4 Å². The molecule has 2 amide bonds. The Labute approximate surface area is 213 Å². The Bertz CT molecular complexity index is 1430. The van der Waals surface area contributed by atoms with Crippen LogP contribution in [0.15, 0.2) is 78.9 Å². The van der Waals surface area contributed by atoms with Crippen LogP contribution < -0.4 is 10.2 Å². The van der Waals surface area contributed by atoms with E-state index in [1.807, 2.05) is 0 Å². The second-order valence-electron chi connectivity index (χ2n) is 8.40. The number of alkyl halides is 5. The molecule has 1 heterocycles. The van der Waals surface area contributed by atoms with Gasteiger partial charge in [0.2, 0.25) is 0 Å². The van der Waals surface area contributed by atoms with Crippen LogP contribution in [0.3, 0.4) is 0 Å². The maximum atomic E-state index is 14.8. The minimum atomic E-state index is -4.73. The summed E-state index contributed by atoms with van der Waals surface area (Å²) in [5.41, 5.74) is -2.22. The van der Waals surface area contributed by atoms with Gasteiger partial charge in [0.1, 0.15) is 0 Å². The Morgan fingerprint density at radius 1 is 0.921 bits per heavy atom. The first-order valence-electron chi connectivity index (χ1n) is 11.2. The lowest BCUT2D eigenvalue weighted by atomic mass is 9.97. The monoisotopic (exact) mass is 530 g/mol. The standard InChI is InChI=1S/C27H19F5N2O4/c28-26(29)13-14-34(22-8-4-2-5-18(22)21(26)15-23(35)36)25(38)16-9-11-17(12-10-16)33-24(37)19-6-1-3-7-20(19)27(30,31)32/h1-12,15H,13-14H2,(H,33,37)(H,35,36). The van der Waals surface area contributed by atoms with Gasteiger partial charge in [-0.2, -0.15) is 13.2 Å². The molecule has 0 saturated heterocycles. The van der Waals surface area contributed by atoms with Crippen LogP contribution in [-0.2, 0) is 11.0 Å². The largest absolute Gasteiger partial charge is 0.478 e. The second-order valence-corrected chi connectivity index (χ2v) is 8.40. The molecule has 196 valence electrons. The number of nitrogens with one attached hydrogen (secondary N) is 1. The number of amides is 2. The van der Waals surface area contributed by atoms with Crippen molar-refractivity contribution in [3.8, 4) is 0 Å². The van der Waals surface area contributed by atoms with E-state index in [9.17, 15) is 36.3 Å². The number of carboxylic acid groups (broad SMARTS) is 1. The fourth-order valence-corrected chi connectivity index (χ4v) is 4.14. The van der Waals surface area contributed by atoms with Crippen molar-refractivity contribution in [1.29, 1.82) is 0 Å². The van der Waals surface area contributed by atoms with Crippen LogP contribution in [0.25, 0.3) is 5.57 Å². The van der Waals surface area contributed by atoms with Gasteiger partial charge in [0.15, 0.2) is 0 Å². The average molecular weight is 530 g/mol. The van der Waals surface area contributed by atoms with E-state index in [4.69, 9.17) is 5.11 Å². The number of anilines is 2. The van der Waals surface area contributed by atoms with Crippen molar-refractivity contribution in [1.82, 2.24) is 0 Å².